The zero-order valence-corrected chi connectivity index (χ0v) is 18.5. The number of sulfone groups is 1. The third-order valence-corrected chi connectivity index (χ3v) is 7.29. The van der Waals surface area contributed by atoms with Gasteiger partial charge >= 0.3 is 5.97 Å². The fourth-order valence-corrected chi connectivity index (χ4v) is 5.19. The predicted molar refractivity (Wildman–Crippen MR) is 119 cm³/mol. The van der Waals surface area contributed by atoms with Crippen molar-refractivity contribution < 1.29 is 26.7 Å². The second-order valence-electron chi connectivity index (χ2n) is 6.93. The molecule has 0 heterocycles. The van der Waals surface area contributed by atoms with Crippen LogP contribution in [0.1, 0.15) is 22.8 Å². The van der Waals surface area contributed by atoms with E-state index in [2.05, 4.69) is 4.72 Å². The van der Waals surface area contributed by atoms with Crippen LogP contribution in [0.15, 0.2) is 76.5 Å². The Bertz CT molecular complexity index is 1350. The van der Waals surface area contributed by atoms with Crippen molar-refractivity contribution in [3.8, 4) is 11.1 Å². The minimum atomic E-state index is -4.21. The van der Waals surface area contributed by atoms with Crippen LogP contribution in [-0.2, 0) is 26.3 Å². The Kier molecular flexibility index (Phi) is 6.19. The molecule has 0 atom stereocenters. The van der Waals surface area contributed by atoms with Gasteiger partial charge in [0.1, 0.15) is 0 Å². The molecule has 0 fully saturated rings. The maximum Gasteiger partial charge on any atom is 0.335 e. The van der Waals surface area contributed by atoms with Crippen molar-refractivity contribution in [3.05, 3.63) is 77.9 Å². The van der Waals surface area contributed by atoms with Gasteiger partial charge in [0.25, 0.3) is 10.0 Å². The fraction of sp³-hybridized carbons (Fsp3) is 0.136. The molecule has 0 unspecified atom stereocenters. The number of carboxylic acids is 1. The van der Waals surface area contributed by atoms with Gasteiger partial charge < -0.3 is 5.11 Å². The van der Waals surface area contributed by atoms with Crippen molar-refractivity contribution in [1.82, 2.24) is 0 Å². The van der Waals surface area contributed by atoms with E-state index < -0.39 is 25.8 Å². The monoisotopic (exact) mass is 459 g/mol. The smallest absolute Gasteiger partial charge is 0.335 e. The summed E-state index contributed by atoms with van der Waals surface area (Å²) < 4.78 is 53.1. The van der Waals surface area contributed by atoms with Gasteiger partial charge in [-0.05, 0) is 41.8 Å². The van der Waals surface area contributed by atoms with E-state index in [1.54, 1.807) is 31.2 Å². The first kappa shape index (κ1) is 22.5. The first-order valence-corrected chi connectivity index (χ1v) is 12.7. The lowest BCUT2D eigenvalue weighted by Gasteiger charge is -2.16. The maximum atomic E-state index is 13.2. The number of hydrogen-bond acceptors (Lipinski definition) is 5. The van der Waals surface area contributed by atoms with Gasteiger partial charge in [-0.25, -0.2) is 21.6 Å². The zero-order chi connectivity index (χ0) is 22.8. The number of aromatic carboxylic acids is 1. The number of anilines is 1. The molecule has 0 aromatic heterocycles. The standard InChI is InChI=1S/C22H21NO6S2/c1-3-15-9-10-17(22(24)25)13-21(15)31(28,29)23-20-14-18(30(2,26)27)11-12-19(20)16-7-5-4-6-8-16/h4-14,23H,3H2,1-2H3,(H,24,25). The van der Waals surface area contributed by atoms with E-state index in [1.807, 2.05) is 6.07 Å². The predicted octanol–water partition coefficient (Wildman–Crippen LogP) is 3.82. The molecular formula is C22H21NO6S2. The van der Waals surface area contributed by atoms with Crippen molar-refractivity contribution in [2.24, 2.45) is 0 Å². The summed E-state index contributed by atoms with van der Waals surface area (Å²) in [5.41, 5.74) is 1.54. The number of hydrogen-bond donors (Lipinski definition) is 2. The first-order valence-electron chi connectivity index (χ1n) is 9.31. The number of aryl methyl sites for hydroxylation is 1. The molecule has 3 rings (SSSR count). The van der Waals surface area contributed by atoms with E-state index in [0.29, 0.717) is 23.1 Å². The maximum absolute atomic E-state index is 13.2. The number of nitrogens with one attached hydrogen (secondary N) is 1. The molecule has 0 aliphatic heterocycles. The Morgan fingerprint density at radius 2 is 1.61 bits per heavy atom. The summed E-state index contributed by atoms with van der Waals surface area (Å²) in [6, 6.07) is 17.1. The highest BCUT2D eigenvalue weighted by Crippen LogP contribution is 2.32. The minimum absolute atomic E-state index is 0.0418. The van der Waals surface area contributed by atoms with Gasteiger partial charge in [-0.15, -0.1) is 0 Å². The number of sulfonamides is 1. The summed E-state index contributed by atoms with van der Waals surface area (Å²) in [7, 11) is -7.80. The van der Waals surface area contributed by atoms with E-state index in [1.165, 1.54) is 30.3 Å². The molecular weight excluding hydrogens is 438 g/mol. The third-order valence-electron chi connectivity index (χ3n) is 4.73. The van der Waals surface area contributed by atoms with Gasteiger partial charge in [0.15, 0.2) is 9.84 Å². The average Bonchev–Trinajstić information content (AvgIpc) is 2.73. The Labute approximate surface area is 181 Å². The molecule has 0 bridgehead atoms. The van der Waals surface area contributed by atoms with Crippen LogP contribution in [0.5, 0.6) is 0 Å². The Balaban J connectivity index is 2.19. The molecule has 3 aromatic rings. The van der Waals surface area contributed by atoms with Crippen LogP contribution in [0, 0.1) is 0 Å². The summed E-state index contributed by atoms with van der Waals surface area (Å²) in [5, 5.41) is 9.27. The van der Waals surface area contributed by atoms with Crippen LogP contribution < -0.4 is 4.72 Å². The van der Waals surface area contributed by atoms with Crippen molar-refractivity contribution in [2.45, 2.75) is 23.1 Å². The number of rotatable bonds is 7. The number of carbonyl (C=O) groups is 1. The van der Waals surface area contributed by atoms with Crippen LogP contribution in [0.2, 0.25) is 0 Å². The lowest BCUT2D eigenvalue weighted by Crippen LogP contribution is -2.17. The van der Waals surface area contributed by atoms with Crippen molar-refractivity contribution >= 4 is 31.5 Å². The van der Waals surface area contributed by atoms with Crippen LogP contribution in [0.3, 0.4) is 0 Å². The topological polar surface area (TPSA) is 118 Å². The first-order chi connectivity index (χ1) is 14.5. The van der Waals surface area contributed by atoms with Crippen LogP contribution in [0.25, 0.3) is 11.1 Å². The van der Waals surface area contributed by atoms with Crippen LogP contribution >= 0.6 is 0 Å². The van der Waals surface area contributed by atoms with E-state index >= 15 is 0 Å². The molecule has 2 N–H and O–H groups in total. The second kappa shape index (κ2) is 8.52. The highest BCUT2D eigenvalue weighted by Gasteiger charge is 2.23. The van der Waals surface area contributed by atoms with Crippen molar-refractivity contribution in [2.75, 3.05) is 11.0 Å². The van der Waals surface area contributed by atoms with Gasteiger partial charge in [0.2, 0.25) is 0 Å². The SMILES string of the molecule is CCc1ccc(C(=O)O)cc1S(=O)(=O)Nc1cc(S(C)(=O)=O)ccc1-c1ccccc1. The lowest BCUT2D eigenvalue weighted by molar-refractivity contribution is 0.0696. The zero-order valence-electron chi connectivity index (χ0n) is 16.9. The summed E-state index contributed by atoms with van der Waals surface area (Å²) >= 11 is 0. The van der Waals surface area contributed by atoms with Crippen molar-refractivity contribution in [1.29, 1.82) is 0 Å². The van der Waals surface area contributed by atoms with Gasteiger partial charge in [-0.2, -0.15) is 0 Å². The van der Waals surface area contributed by atoms with E-state index in [0.717, 1.165) is 12.3 Å². The summed E-state index contributed by atoms with van der Waals surface area (Å²) in [6.07, 6.45) is 1.40. The summed E-state index contributed by atoms with van der Waals surface area (Å²) in [6.45, 7) is 1.76. The van der Waals surface area contributed by atoms with Crippen molar-refractivity contribution in [3.63, 3.8) is 0 Å². The van der Waals surface area contributed by atoms with E-state index in [4.69, 9.17) is 0 Å². The molecule has 0 saturated carbocycles. The number of carboxylic acid groups (broad SMARTS) is 1. The van der Waals surface area contributed by atoms with Gasteiger partial charge in [0, 0.05) is 11.8 Å². The molecule has 31 heavy (non-hydrogen) atoms. The molecule has 0 aliphatic carbocycles. The second-order valence-corrected chi connectivity index (χ2v) is 10.6. The molecule has 0 spiro atoms. The van der Waals surface area contributed by atoms with Crippen LogP contribution in [0.4, 0.5) is 5.69 Å². The summed E-state index contributed by atoms with van der Waals surface area (Å²) in [5.74, 6) is -1.25. The lowest BCUT2D eigenvalue weighted by atomic mass is 10.0. The molecule has 162 valence electrons. The molecule has 7 nitrogen and oxygen atoms in total. The highest BCUT2D eigenvalue weighted by atomic mass is 32.2. The van der Waals surface area contributed by atoms with Gasteiger partial charge in [0.05, 0.1) is 21.0 Å². The molecule has 9 heteroatoms. The van der Waals surface area contributed by atoms with Gasteiger partial charge in [-0.1, -0.05) is 49.4 Å². The number of benzene rings is 3. The Morgan fingerprint density at radius 1 is 0.935 bits per heavy atom. The molecule has 0 aliphatic rings. The normalized spacial score (nSPS) is 11.8. The van der Waals surface area contributed by atoms with E-state index in [-0.39, 0.29) is 21.0 Å². The minimum Gasteiger partial charge on any atom is -0.478 e. The third kappa shape index (κ3) is 4.95. The quantitative estimate of drug-likeness (QED) is 0.555. The molecule has 0 amide bonds. The summed E-state index contributed by atoms with van der Waals surface area (Å²) in [4.78, 5) is 11.1. The average molecular weight is 460 g/mol. The Morgan fingerprint density at radius 3 is 2.19 bits per heavy atom. The largest absolute Gasteiger partial charge is 0.478 e. The van der Waals surface area contributed by atoms with Gasteiger partial charge in [-0.3, -0.25) is 4.72 Å². The molecule has 0 saturated heterocycles. The molecule has 0 radical (unpaired) electrons. The van der Waals surface area contributed by atoms with E-state index in [9.17, 15) is 26.7 Å². The fourth-order valence-electron chi connectivity index (χ4n) is 3.14. The van der Waals surface area contributed by atoms with Crippen LogP contribution in [-0.4, -0.2) is 34.2 Å². The Hall–Kier alpha value is -3.17. The molecule has 3 aromatic carbocycles. The highest BCUT2D eigenvalue weighted by molar-refractivity contribution is 7.92.